The van der Waals surface area contributed by atoms with E-state index in [2.05, 4.69) is 4.98 Å². The lowest BCUT2D eigenvalue weighted by atomic mass is 10.0. The van der Waals surface area contributed by atoms with Crippen molar-refractivity contribution in [2.24, 2.45) is 0 Å². The zero-order chi connectivity index (χ0) is 19.8. The van der Waals surface area contributed by atoms with E-state index < -0.39 is 11.0 Å². The highest BCUT2D eigenvalue weighted by atomic mass is 35.5. The first-order valence-electron chi connectivity index (χ1n) is 8.10. The van der Waals surface area contributed by atoms with Crippen LogP contribution in [0.15, 0.2) is 47.5 Å². The van der Waals surface area contributed by atoms with E-state index in [1.165, 1.54) is 24.3 Å². The number of carbonyl (C=O) groups is 1. The highest BCUT2D eigenvalue weighted by molar-refractivity contribution is 8.00. The first kappa shape index (κ1) is 19.8. The Labute approximate surface area is 164 Å². The summed E-state index contributed by atoms with van der Waals surface area (Å²) in [6.07, 6.45) is 1.58. The maximum atomic E-state index is 12.9. The smallest absolute Gasteiger partial charge is 0.313 e. The van der Waals surface area contributed by atoms with Crippen molar-refractivity contribution in [2.75, 3.05) is 11.4 Å². The molecule has 1 aliphatic heterocycles. The number of urea groups is 1. The number of aromatic nitrogens is 1. The van der Waals surface area contributed by atoms with Gasteiger partial charge in [-0.2, -0.15) is 13.2 Å². The van der Waals surface area contributed by atoms with Crippen LogP contribution >= 0.6 is 23.4 Å². The van der Waals surface area contributed by atoms with Gasteiger partial charge in [0, 0.05) is 23.3 Å². The SMILES string of the molecule is CC1(C)CN(c2ccc(SC(F)(F)F)cc2)C(=O)N1Cc1ccnc(Cl)c1. The van der Waals surface area contributed by atoms with Crippen LogP contribution in [0, 0.1) is 0 Å². The molecule has 1 aliphatic rings. The fraction of sp³-hybridized carbons (Fsp3) is 0.333. The number of rotatable bonds is 4. The minimum atomic E-state index is -4.34. The average molecular weight is 416 g/mol. The lowest BCUT2D eigenvalue weighted by Crippen LogP contribution is -2.41. The number of halogens is 4. The van der Waals surface area contributed by atoms with Gasteiger partial charge in [0.25, 0.3) is 0 Å². The predicted octanol–water partition coefficient (Wildman–Crippen LogP) is 5.57. The number of thioether (sulfide) groups is 1. The van der Waals surface area contributed by atoms with E-state index in [0.717, 1.165) is 5.56 Å². The zero-order valence-electron chi connectivity index (χ0n) is 14.6. The number of pyridine rings is 1. The van der Waals surface area contributed by atoms with Gasteiger partial charge in [-0.05, 0) is 67.6 Å². The Morgan fingerprint density at radius 1 is 1.22 bits per heavy atom. The number of alkyl halides is 3. The first-order valence-corrected chi connectivity index (χ1v) is 9.30. The average Bonchev–Trinajstić information content (AvgIpc) is 2.78. The van der Waals surface area contributed by atoms with Crippen molar-refractivity contribution in [1.29, 1.82) is 0 Å². The van der Waals surface area contributed by atoms with E-state index in [9.17, 15) is 18.0 Å². The Kier molecular flexibility index (Phi) is 5.31. The van der Waals surface area contributed by atoms with Gasteiger partial charge in [-0.25, -0.2) is 9.78 Å². The van der Waals surface area contributed by atoms with Crippen LogP contribution in [0.1, 0.15) is 19.4 Å². The quantitative estimate of drug-likeness (QED) is 0.484. The molecule has 0 N–H and O–H groups in total. The van der Waals surface area contributed by atoms with Gasteiger partial charge in [0.15, 0.2) is 0 Å². The Morgan fingerprint density at radius 2 is 1.89 bits per heavy atom. The molecule has 2 heterocycles. The first-order chi connectivity index (χ1) is 12.5. The molecule has 0 bridgehead atoms. The Balaban J connectivity index is 1.79. The monoisotopic (exact) mass is 415 g/mol. The van der Waals surface area contributed by atoms with E-state index in [4.69, 9.17) is 11.6 Å². The second-order valence-corrected chi connectivity index (χ2v) is 8.32. The van der Waals surface area contributed by atoms with Gasteiger partial charge in [0.2, 0.25) is 0 Å². The fourth-order valence-electron chi connectivity index (χ4n) is 2.98. The molecule has 1 aromatic carbocycles. The number of anilines is 1. The number of carbonyl (C=O) groups excluding carboxylic acids is 1. The molecule has 27 heavy (non-hydrogen) atoms. The summed E-state index contributed by atoms with van der Waals surface area (Å²) < 4.78 is 37.4. The van der Waals surface area contributed by atoms with Crippen LogP contribution < -0.4 is 4.90 Å². The van der Waals surface area contributed by atoms with Crippen molar-refractivity contribution in [2.45, 2.75) is 36.3 Å². The normalized spacial score (nSPS) is 16.9. The predicted molar refractivity (Wildman–Crippen MR) is 100.0 cm³/mol. The third-order valence-corrected chi connectivity index (χ3v) is 5.20. The molecule has 2 aromatic rings. The molecule has 3 rings (SSSR count). The fourth-order valence-corrected chi connectivity index (χ4v) is 3.72. The van der Waals surface area contributed by atoms with Crippen molar-refractivity contribution in [3.05, 3.63) is 53.3 Å². The minimum Gasteiger partial charge on any atom is -0.313 e. The largest absolute Gasteiger partial charge is 0.446 e. The van der Waals surface area contributed by atoms with Crippen LogP contribution in [0.5, 0.6) is 0 Å². The molecular formula is C18H17ClF3N3OS. The zero-order valence-corrected chi connectivity index (χ0v) is 16.2. The lowest BCUT2D eigenvalue weighted by Gasteiger charge is -2.29. The van der Waals surface area contributed by atoms with Crippen LogP contribution in [0.4, 0.5) is 23.7 Å². The third-order valence-electron chi connectivity index (χ3n) is 4.25. The summed E-state index contributed by atoms with van der Waals surface area (Å²) in [5.41, 5.74) is -3.37. The molecule has 0 aliphatic carbocycles. The van der Waals surface area contributed by atoms with E-state index >= 15 is 0 Å². The van der Waals surface area contributed by atoms with Gasteiger partial charge in [-0.1, -0.05) is 11.6 Å². The molecule has 0 saturated carbocycles. The molecule has 0 atom stereocenters. The standard InChI is InChI=1S/C18H17ClF3N3OS/c1-17(2)11-24(13-3-5-14(6-4-13)27-18(20,21)22)16(26)25(17)10-12-7-8-23-15(19)9-12/h3-9H,10-11H2,1-2H3. The van der Waals surface area contributed by atoms with Crippen molar-refractivity contribution in [3.63, 3.8) is 0 Å². The van der Waals surface area contributed by atoms with E-state index in [0.29, 0.717) is 23.9 Å². The Hall–Kier alpha value is -1.93. The number of nitrogens with zero attached hydrogens (tertiary/aromatic N) is 3. The Bertz CT molecular complexity index is 842. The maximum absolute atomic E-state index is 12.9. The summed E-state index contributed by atoms with van der Waals surface area (Å²) >= 11 is 5.74. The molecule has 1 aromatic heterocycles. The van der Waals surface area contributed by atoms with Crippen LogP contribution in [0.25, 0.3) is 0 Å². The molecular weight excluding hydrogens is 399 g/mol. The molecule has 0 unspecified atom stereocenters. The molecule has 1 saturated heterocycles. The molecule has 1 fully saturated rings. The van der Waals surface area contributed by atoms with E-state index in [-0.39, 0.29) is 22.7 Å². The topological polar surface area (TPSA) is 36.4 Å². The van der Waals surface area contributed by atoms with Gasteiger partial charge < -0.3 is 4.90 Å². The second-order valence-electron chi connectivity index (χ2n) is 6.80. The molecule has 144 valence electrons. The van der Waals surface area contributed by atoms with Crippen molar-refractivity contribution < 1.29 is 18.0 Å². The number of hydrogen-bond acceptors (Lipinski definition) is 3. The number of amides is 2. The number of benzene rings is 1. The molecule has 0 spiro atoms. The van der Waals surface area contributed by atoms with E-state index in [1.54, 1.807) is 28.1 Å². The summed E-state index contributed by atoms with van der Waals surface area (Å²) in [5, 5.41) is 0.353. The van der Waals surface area contributed by atoms with Crippen LogP contribution in [0.2, 0.25) is 5.15 Å². The van der Waals surface area contributed by atoms with Gasteiger partial charge in [-0.15, -0.1) is 0 Å². The summed E-state index contributed by atoms with van der Waals surface area (Å²) in [4.78, 5) is 20.3. The molecule has 9 heteroatoms. The highest BCUT2D eigenvalue weighted by Crippen LogP contribution is 2.38. The van der Waals surface area contributed by atoms with Crippen molar-refractivity contribution >= 4 is 35.1 Å². The third kappa shape index (κ3) is 4.68. The molecule has 2 amide bonds. The van der Waals surface area contributed by atoms with Crippen LogP contribution in [-0.2, 0) is 6.54 Å². The second kappa shape index (κ2) is 7.24. The van der Waals surface area contributed by atoms with Crippen molar-refractivity contribution in [1.82, 2.24) is 9.88 Å². The van der Waals surface area contributed by atoms with E-state index in [1.807, 2.05) is 13.8 Å². The summed E-state index contributed by atoms with van der Waals surface area (Å²) in [7, 11) is 0. The van der Waals surface area contributed by atoms with Gasteiger partial charge >= 0.3 is 11.5 Å². The van der Waals surface area contributed by atoms with Gasteiger partial charge in [-0.3, -0.25) is 4.90 Å². The van der Waals surface area contributed by atoms with Crippen molar-refractivity contribution in [3.8, 4) is 0 Å². The Morgan fingerprint density at radius 3 is 2.48 bits per heavy atom. The number of hydrogen-bond donors (Lipinski definition) is 0. The summed E-state index contributed by atoms with van der Waals surface area (Å²) in [6.45, 7) is 4.69. The van der Waals surface area contributed by atoms with Crippen LogP contribution in [0.3, 0.4) is 0 Å². The van der Waals surface area contributed by atoms with Gasteiger partial charge in [0.05, 0.1) is 12.1 Å². The lowest BCUT2D eigenvalue weighted by molar-refractivity contribution is -0.0328. The summed E-state index contributed by atoms with van der Waals surface area (Å²) in [6, 6.07) is 9.11. The van der Waals surface area contributed by atoms with Gasteiger partial charge in [0.1, 0.15) is 5.15 Å². The maximum Gasteiger partial charge on any atom is 0.446 e. The van der Waals surface area contributed by atoms with Crippen LogP contribution in [-0.4, -0.2) is 33.5 Å². The minimum absolute atomic E-state index is 0.0837. The summed E-state index contributed by atoms with van der Waals surface area (Å²) in [5.74, 6) is 0. The molecule has 4 nitrogen and oxygen atoms in total. The molecule has 0 radical (unpaired) electrons. The highest BCUT2D eigenvalue weighted by Gasteiger charge is 2.43.